The summed E-state index contributed by atoms with van der Waals surface area (Å²) in [4.78, 5) is 20.9. The van der Waals surface area contributed by atoms with Gasteiger partial charge in [0, 0.05) is 32.5 Å². The molecule has 2 aliphatic rings. The van der Waals surface area contributed by atoms with Gasteiger partial charge in [-0.2, -0.15) is 0 Å². The zero-order valence-corrected chi connectivity index (χ0v) is 12.2. The lowest BCUT2D eigenvalue weighted by Crippen LogP contribution is -2.33. The Morgan fingerprint density at radius 2 is 1.90 bits per heavy atom. The Balaban J connectivity index is 1.64. The minimum atomic E-state index is -0.0538. The van der Waals surface area contributed by atoms with Crippen LogP contribution in [0.1, 0.15) is 31.2 Å². The summed E-state index contributed by atoms with van der Waals surface area (Å²) in [5.74, 6) is 0.378. The van der Waals surface area contributed by atoms with Crippen LogP contribution in [0.2, 0.25) is 0 Å². The second-order valence-corrected chi connectivity index (χ2v) is 6.24. The molecule has 108 valence electrons. The van der Waals surface area contributed by atoms with Crippen LogP contribution in [0.5, 0.6) is 0 Å². The van der Waals surface area contributed by atoms with E-state index in [1.54, 1.807) is 0 Å². The lowest BCUT2D eigenvalue weighted by Gasteiger charge is -2.25. The van der Waals surface area contributed by atoms with Gasteiger partial charge in [-0.25, -0.2) is 0 Å². The van der Waals surface area contributed by atoms with Crippen LogP contribution < -0.4 is 0 Å². The average Bonchev–Trinajstić information content (AvgIpc) is 2.66. The molecule has 2 fully saturated rings. The van der Waals surface area contributed by atoms with Gasteiger partial charge in [0.1, 0.15) is 0 Å². The molecule has 0 N–H and O–H groups in total. The van der Waals surface area contributed by atoms with Crippen LogP contribution >= 0.6 is 0 Å². The molecule has 4 nitrogen and oxygen atoms in total. The van der Waals surface area contributed by atoms with Crippen molar-refractivity contribution in [1.29, 1.82) is 0 Å². The van der Waals surface area contributed by atoms with Gasteiger partial charge in [-0.15, -0.1) is 0 Å². The summed E-state index contributed by atoms with van der Waals surface area (Å²) in [5.41, 5.74) is 1.26. The maximum Gasteiger partial charge on any atom is 0.228 e. The summed E-state index contributed by atoms with van der Waals surface area (Å²) in [6.07, 6.45) is 7.95. The molecule has 3 rings (SSSR count). The third-order valence-corrected chi connectivity index (χ3v) is 4.92. The number of nitrogens with zero attached hydrogens (tertiary/aromatic N) is 3. The summed E-state index contributed by atoms with van der Waals surface area (Å²) < 4.78 is 0. The highest BCUT2D eigenvalue weighted by atomic mass is 16.2. The van der Waals surface area contributed by atoms with E-state index in [0.29, 0.717) is 5.91 Å². The molecule has 0 saturated carbocycles. The summed E-state index contributed by atoms with van der Waals surface area (Å²) in [7, 11) is 1.94. The molecule has 1 spiro atoms. The van der Waals surface area contributed by atoms with Crippen molar-refractivity contribution in [3.05, 3.63) is 30.1 Å². The molecule has 0 bridgehead atoms. The van der Waals surface area contributed by atoms with Crippen molar-refractivity contribution in [2.24, 2.45) is 5.41 Å². The second kappa shape index (κ2) is 5.52. The van der Waals surface area contributed by atoms with Gasteiger partial charge < -0.3 is 4.90 Å². The quantitative estimate of drug-likeness (QED) is 0.826. The number of likely N-dealkylation sites (tertiary alicyclic amines) is 2. The molecule has 2 aliphatic heterocycles. The fourth-order valence-electron chi connectivity index (χ4n) is 3.61. The fourth-order valence-corrected chi connectivity index (χ4v) is 3.61. The van der Waals surface area contributed by atoms with Crippen LogP contribution in [0, 0.1) is 5.41 Å². The number of carbonyl (C=O) groups excluding carboxylic acids is 1. The molecule has 1 amide bonds. The van der Waals surface area contributed by atoms with E-state index >= 15 is 0 Å². The minimum Gasteiger partial charge on any atom is -0.345 e. The number of amides is 1. The minimum absolute atomic E-state index is 0.0538. The molecule has 0 radical (unpaired) electrons. The van der Waals surface area contributed by atoms with Crippen LogP contribution in [0.4, 0.5) is 0 Å². The van der Waals surface area contributed by atoms with E-state index in [1.165, 1.54) is 5.56 Å². The Labute approximate surface area is 120 Å². The molecule has 1 aromatic heterocycles. The van der Waals surface area contributed by atoms with Gasteiger partial charge in [0.05, 0.1) is 5.41 Å². The van der Waals surface area contributed by atoms with Crippen molar-refractivity contribution in [2.75, 3.05) is 26.7 Å². The summed E-state index contributed by atoms with van der Waals surface area (Å²) in [6, 6.07) is 4.16. The van der Waals surface area contributed by atoms with Gasteiger partial charge in [0.15, 0.2) is 0 Å². The van der Waals surface area contributed by atoms with Crippen LogP contribution in [-0.4, -0.2) is 47.4 Å². The molecule has 2 saturated heterocycles. The van der Waals surface area contributed by atoms with E-state index in [1.807, 2.05) is 24.3 Å². The van der Waals surface area contributed by atoms with E-state index in [2.05, 4.69) is 22.0 Å². The van der Waals surface area contributed by atoms with E-state index in [9.17, 15) is 4.79 Å². The monoisotopic (exact) mass is 273 g/mol. The van der Waals surface area contributed by atoms with Crippen molar-refractivity contribution in [2.45, 2.75) is 32.2 Å². The van der Waals surface area contributed by atoms with E-state index in [-0.39, 0.29) is 5.41 Å². The van der Waals surface area contributed by atoms with Gasteiger partial charge in [-0.3, -0.25) is 14.7 Å². The van der Waals surface area contributed by atoms with Crippen LogP contribution in [0.15, 0.2) is 24.5 Å². The van der Waals surface area contributed by atoms with Crippen molar-refractivity contribution in [3.63, 3.8) is 0 Å². The maximum atomic E-state index is 12.4. The Morgan fingerprint density at radius 1 is 1.15 bits per heavy atom. The first kappa shape index (κ1) is 13.6. The topological polar surface area (TPSA) is 36.4 Å². The number of pyridine rings is 1. The normalized spacial score (nSPS) is 28.1. The first-order valence-electron chi connectivity index (χ1n) is 7.56. The Bertz CT molecular complexity index is 476. The number of carbonyl (C=O) groups is 1. The molecular weight excluding hydrogens is 250 g/mol. The standard InChI is InChI=1S/C16H23N3O/c1-18-11-6-16(15(18)20)5-2-10-19(12-7-16)13-14-3-8-17-9-4-14/h3-4,8-9H,2,5-7,10-13H2,1H3/t16-/m1/s1. The summed E-state index contributed by atoms with van der Waals surface area (Å²) in [5, 5.41) is 0. The second-order valence-electron chi connectivity index (χ2n) is 6.24. The zero-order chi connectivity index (χ0) is 14.0. The van der Waals surface area contributed by atoms with Crippen LogP contribution in [0.25, 0.3) is 0 Å². The highest BCUT2D eigenvalue weighted by molar-refractivity contribution is 5.84. The molecular formula is C16H23N3O. The van der Waals surface area contributed by atoms with Crippen LogP contribution in [0.3, 0.4) is 0 Å². The smallest absolute Gasteiger partial charge is 0.228 e. The molecule has 1 atom stereocenters. The largest absolute Gasteiger partial charge is 0.345 e. The molecule has 3 heterocycles. The van der Waals surface area contributed by atoms with E-state index < -0.39 is 0 Å². The van der Waals surface area contributed by atoms with Gasteiger partial charge in [0.25, 0.3) is 0 Å². The van der Waals surface area contributed by atoms with Crippen molar-refractivity contribution >= 4 is 5.91 Å². The summed E-state index contributed by atoms with van der Waals surface area (Å²) in [6.45, 7) is 4.04. The Kier molecular flexibility index (Phi) is 3.74. The SMILES string of the molecule is CN1CC[C@@]2(CCCN(Cc3ccncc3)CC2)C1=O. The summed E-state index contributed by atoms with van der Waals surface area (Å²) >= 11 is 0. The molecule has 4 heteroatoms. The zero-order valence-electron chi connectivity index (χ0n) is 12.2. The van der Waals surface area contributed by atoms with Gasteiger partial charge in [-0.1, -0.05) is 0 Å². The fraction of sp³-hybridized carbons (Fsp3) is 0.625. The molecule has 0 aliphatic carbocycles. The lowest BCUT2D eigenvalue weighted by molar-refractivity contribution is -0.135. The van der Waals surface area contributed by atoms with E-state index in [0.717, 1.165) is 51.9 Å². The predicted molar refractivity (Wildman–Crippen MR) is 78.1 cm³/mol. The van der Waals surface area contributed by atoms with Crippen LogP contribution in [-0.2, 0) is 11.3 Å². The Hall–Kier alpha value is -1.42. The van der Waals surface area contributed by atoms with Gasteiger partial charge in [0.2, 0.25) is 5.91 Å². The van der Waals surface area contributed by atoms with Gasteiger partial charge >= 0.3 is 0 Å². The molecule has 0 aromatic carbocycles. The highest BCUT2D eigenvalue weighted by Crippen LogP contribution is 2.41. The molecule has 0 unspecified atom stereocenters. The highest BCUT2D eigenvalue weighted by Gasteiger charge is 2.45. The lowest BCUT2D eigenvalue weighted by atomic mass is 9.79. The average molecular weight is 273 g/mol. The molecule has 1 aromatic rings. The maximum absolute atomic E-state index is 12.4. The van der Waals surface area contributed by atoms with Crippen molar-refractivity contribution in [1.82, 2.24) is 14.8 Å². The predicted octanol–water partition coefficient (Wildman–Crippen LogP) is 1.92. The Morgan fingerprint density at radius 3 is 2.60 bits per heavy atom. The van der Waals surface area contributed by atoms with E-state index in [4.69, 9.17) is 0 Å². The first-order chi connectivity index (χ1) is 9.70. The number of rotatable bonds is 2. The van der Waals surface area contributed by atoms with Gasteiger partial charge in [-0.05, 0) is 56.5 Å². The first-order valence-corrected chi connectivity index (χ1v) is 7.56. The van der Waals surface area contributed by atoms with Crippen molar-refractivity contribution in [3.8, 4) is 0 Å². The number of hydrogen-bond acceptors (Lipinski definition) is 3. The number of hydrogen-bond donors (Lipinski definition) is 0. The van der Waals surface area contributed by atoms with Crippen molar-refractivity contribution < 1.29 is 4.79 Å². The molecule has 20 heavy (non-hydrogen) atoms. The third kappa shape index (κ3) is 2.57. The number of aromatic nitrogens is 1. The third-order valence-electron chi connectivity index (χ3n) is 4.92.